The summed E-state index contributed by atoms with van der Waals surface area (Å²) < 4.78 is 0. The molecule has 0 aliphatic rings. The van der Waals surface area contributed by atoms with Crippen molar-refractivity contribution in [3.63, 3.8) is 0 Å². The van der Waals surface area contributed by atoms with Crippen molar-refractivity contribution in [2.24, 2.45) is 0 Å². The molecule has 0 aromatic rings. The normalized spacial score (nSPS) is 12.0. The molecule has 80 valence electrons. The van der Waals surface area contributed by atoms with E-state index in [1.54, 1.807) is 14.1 Å². The van der Waals surface area contributed by atoms with Crippen LogP contribution < -0.4 is 0 Å². The number of hydrogen-bond donors (Lipinski definition) is 2. The predicted molar refractivity (Wildman–Crippen MR) is 47.4 cm³/mol. The maximum atomic E-state index is 8.52. The molecule has 2 N–H and O–H groups in total. The fourth-order valence-electron chi connectivity index (χ4n) is 0.735. The number of aliphatic hydroxyl groups excluding tert-OH is 2. The van der Waals surface area contributed by atoms with Crippen molar-refractivity contribution in [3.8, 4) is 0 Å². The summed E-state index contributed by atoms with van der Waals surface area (Å²) >= 11 is 0. The highest BCUT2D eigenvalue weighted by Crippen LogP contribution is 2.02. The first-order chi connectivity index (χ1) is 6.12. The lowest BCUT2D eigenvalue weighted by Crippen LogP contribution is -2.40. The second kappa shape index (κ2) is 7.23. The summed E-state index contributed by atoms with van der Waals surface area (Å²) in [5.41, 5.74) is 0. The summed E-state index contributed by atoms with van der Waals surface area (Å²) in [6, 6.07) is 0. The van der Waals surface area contributed by atoms with Crippen molar-refractivity contribution >= 4 is 0 Å². The van der Waals surface area contributed by atoms with E-state index in [0.29, 0.717) is 26.1 Å². The van der Waals surface area contributed by atoms with Gasteiger partial charge in [-0.25, -0.2) is 0 Å². The second-order valence-corrected chi connectivity index (χ2v) is 3.07. The monoisotopic (exact) mass is 194 g/mol. The highest BCUT2D eigenvalue weighted by atomic mass is 17.0. The third kappa shape index (κ3) is 8.14. The van der Waals surface area contributed by atoms with Crippen LogP contribution in [0.5, 0.6) is 0 Å². The van der Waals surface area contributed by atoms with E-state index in [2.05, 4.69) is 0 Å². The molecule has 0 aromatic carbocycles. The van der Waals surface area contributed by atoms with Gasteiger partial charge in [0.05, 0.1) is 0 Å². The molecule has 0 atom stereocenters. The number of rotatable bonds is 8. The Morgan fingerprint density at radius 2 is 1.31 bits per heavy atom. The molecule has 13 heavy (non-hydrogen) atoms. The van der Waals surface area contributed by atoms with Crippen molar-refractivity contribution in [2.75, 3.05) is 40.5 Å². The van der Waals surface area contributed by atoms with Crippen molar-refractivity contribution in [1.82, 2.24) is 0 Å². The molecule has 0 heterocycles. The molecule has 5 nitrogen and oxygen atoms in total. The van der Waals surface area contributed by atoms with Gasteiger partial charge in [0.2, 0.25) is 0 Å². The molecule has 0 radical (unpaired) electrons. The summed E-state index contributed by atoms with van der Waals surface area (Å²) in [6.45, 7) is 1.17. The molecule has 0 spiro atoms. The number of nitrogens with zero attached hydrogens (tertiary/aromatic N) is 1. The highest BCUT2D eigenvalue weighted by molar-refractivity contribution is 4.26. The van der Waals surface area contributed by atoms with Gasteiger partial charge in [0.25, 0.3) is 0 Å². The minimum absolute atomic E-state index is 0. The van der Waals surface area contributed by atoms with E-state index in [1.165, 1.54) is 0 Å². The fourth-order valence-corrected chi connectivity index (χ4v) is 0.735. The number of aliphatic hydroxyl groups is 2. The van der Waals surface area contributed by atoms with Crippen molar-refractivity contribution in [3.05, 3.63) is 0 Å². The van der Waals surface area contributed by atoms with Crippen LogP contribution in [0.1, 0.15) is 12.8 Å². The first-order valence-electron chi connectivity index (χ1n) is 4.47. The predicted octanol–water partition coefficient (Wildman–Crippen LogP) is -0.309. The van der Waals surface area contributed by atoms with Gasteiger partial charge in [0.1, 0.15) is 27.3 Å². The van der Waals surface area contributed by atoms with Gasteiger partial charge in [-0.1, -0.05) is 0 Å². The lowest BCUT2D eigenvalue weighted by atomic mass is 10.5. The van der Waals surface area contributed by atoms with Gasteiger partial charge in [-0.05, 0) is 17.7 Å². The zero-order valence-corrected chi connectivity index (χ0v) is 8.40. The summed E-state index contributed by atoms with van der Waals surface area (Å²) in [4.78, 5) is 10.6. The molecule has 0 aliphatic carbocycles. The molecular formula is C8H20NO4+. The summed E-state index contributed by atoms with van der Waals surface area (Å²) in [5.74, 6) is 0. The molecule has 0 aliphatic heterocycles. The smallest absolute Gasteiger partial charge is 0.132 e. The number of quaternary nitrogens is 1. The molecule has 5 heteroatoms. The number of hydroxylamine groups is 4. The molecule has 0 saturated carbocycles. The Balaban J connectivity index is 3.42. The summed E-state index contributed by atoms with van der Waals surface area (Å²) in [6.07, 6.45) is 1.20. The van der Waals surface area contributed by atoms with Crippen LogP contribution in [0.15, 0.2) is 0 Å². The van der Waals surface area contributed by atoms with E-state index in [1.807, 2.05) is 0 Å². The van der Waals surface area contributed by atoms with Gasteiger partial charge < -0.3 is 10.2 Å². The van der Waals surface area contributed by atoms with Gasteiger partial charge in [0.15, 0.2) is 0 Å². The zero-order valence-electron chi connectivity index (χ0n) is 8.40. The highest BCUT2D eigenvalue weighted by Gasteiger charge is 2.17. The quantitative estimate of drug-likeness (QED) is 0.316. The van der Waals surface area contributed by atoms with Crippen LogP contribution in [0.3, 0.4) is 0 Å². The van der Waals surface area contributed by atoms with Crippen LogP contribution in [-0.4, -0.2) is 55.5 Å². The molecule has 0 amide bonds. The minimum atomic E-state index is 0. The molecule has 0 aromatic heterocycles. The maximum absolute atomic E-state index is 8.52. The van der Waals surface area contributed by atoms with Crippen LogP contribution in [-0.2, 0) is 9.68 Å². The van der Waals surface area contributed by atoms with Crippen LogP contribution in [0.2, 0.25) is 0 Å². The number of hydrogen-bond acceptors (Lipinski definition) is 4. The first-order valence-corrected chi connectivity index (χ1v) is 4.47. The van der Waals surface area contributed by atoms with E-state index >= 15 is 0 Å². The molecule has 0 unspecified atom stereocenters. The van der Waals surface area contributed by atoms with Crippen LogP contribution >= 0.6 is 0 Å². The Morgan fingerprint density at radius 1 is 0.923 bits per heavy atom. The van der Waals surface area contributed by atoms with E-state index in [9.17, 15) is 0 Å². The SMILES string of the molecule is C[N+](C)(OCCCO)OCCCO. The zero-order chi connectivity index (χ0) is 10.2. The Labute approximate surface area is 79.0 Å². The van der Waals surface area contributed by atoms with Crippen LogP contribution in [0.4, 0.5) is 0 Å². The molecule has 0 bridgehead atoms. The molecule has 0 rings (SSSR count). The van der Waals surface area contributed by atoms with Crippen molar-refractivity contribution in [1.29, 1.82) is 0 Å². The molecule has 0 fully saturated rings. The van der Waals surface area contributed by atoms with E-state index in [-0.39, 0.29) is 18.0 Å². The van der Waals surface area contributed by atoms with Gasteiger partial charge in [-0.3, -0.25) is 0 Å². The van der Waals surface area contributed by atoms with Gasteiger partial charge in [0, 0.05) is 13.2 Å². The van der Waals surface area contributed by atoms with Crippen LogP contribution in [0, 0.1) is 0 Å². The Kier molecular flexibility index (Phi) is 7.12. The van der Waals surface area contributed by atoms with Crippen molar-refractivity contribution < 1.29 is 24.7 Å². The Hall–Kier alpha value is -0.200. The third-order valence-corrected chi connectivity index (χ3v) is 1.41. The van der Waals surface area contributed by atoms with Crippen LogP contribution in [0.25, 0.3) is 0 Å². The Morgan fingerprint density at radius 3 is 1.62 bits per heavy atom. The van der Waals surface area contributed by atoms with Gasteiger partial charge in [-0.15, -0.1) is 0 Å². The van der Waals surface area contributed by atoms with Gasteiger partial charge >= 0.3 is 0 Å². The van der Waals surface area contributed by atoms with E-state index in [0.717, 1.165) is 0 Å². The maximum Gasteiger partial charge on any atom is 0.132 e. The average molecular weight is 194 g/mol. The van der Waals surface area contributed by atoms with E-state index in [4.69, 9.17) is 19.9 Å². The third-order valence-electron chi connectivity index (χ3n) is 1.41. The summed E-state index contributed by atoms with van der Waals surface area (Å²) in [5, 5.41) is 17.0. The second-order valence-electron chi connectivity index (χ2n) is 3.07. The first kappa shape index (κ1) is 12.8. The van der Waals surface area contributed by atoms with Gasteiger partial charge in [-0.2, -0.15) is 9.68 Å². The standard InChI is InChI=1S/C8H20NO4/c1-9(2,12-7-3-5-10)13-8-4-6-11/h10-11H,3-8H2,1-2H3/q+1. The Bertz CT molecular complexity index is 107. The van der Waals surface area contributed by atoms with Crippen molar-refractivity contribution in [2.45, 2.75) is 12.8 Å². The topological polar surface area (TPSA) is 58.9 Å². The molecule has 0 saturated heterocycles. The minimum Gasteiger partial charge on any atom is -0.396 e. The largest absolute Gasteiger partial charge is 0.396 e. The fraction of sp³-hybridized carbons (Fsp3) is 1.00. The van der Waals surface area contributed by atoms with E-state index < -0.39 is 0 Å². The summed E-state index contributed by atoms with van der Waals surface area (Å²) in [7, 11) is 3.52. The molecular weight excluding hydrogens is 174 g/mol. The average Bonchev–Trinajstić information content (AvgIpc) is 2.05. The lowest BCUT2D eigenvalue weighted by Gasteiger charge is -2.23. The lowest BCUT2D eigenvalue weighted by molar-refractivity contribution is -1.22.